The monoisotopic (exact) mass is 258 g/mol. The molecule has 18 heavy (non-hydrogen) atoms. The van der Waals surface area contributed by atoms with E-state index in [4.69, 9.17) is 16.3 Å². The molecule has 1 aliphatic rings. The van der Waals surface area contributed by atoms with Gasteiger partial charge in [0.25, 0.3) is 0 Å². The Bertz CT molecular complexity index is 596. The van der Waals surface area contributed by atoms with Crippen LogP contribution in [-0.2, 0) is 6.42 Å². The van der Waals surface area contributed by atoms with Gasteiger partial charge in [-0.2, -0.15) is 0 Å². The molecule has 0 spiro atoms. The standard InChI is InChI=1S/C16H15ClO/c1-10-4-3-5-11(2)15(10)14-9-13(17)8-12-6-7-18-16(12)14/h3-5,8-9H,6-7H2,1-2H3. The van der Waals surface area contributed by atoms with Crippen LogP contribution < -0.4 is 4.74 Å². The summed E-state index contributed by atoms with van der Waals surface area (Å²) in [6.45, 7) is 5.02. The Hall–Kier alpha value is -1.47. The first kappa shape index (κ1) is 11.6. The lowest BCUT2D eigenvalue weighted by Gasteiger charge is -2.14. The average Bonchev–Trinajstić information content (AvgIpc) is 2.76. The molecule has 0 amide bonds. The fourth-order valence-corrected chi connectivity index (χ4v) is 2.94. The minimum Gasteiger partial charge on any atom is -0.492 e. The van der Waals surface area contributed by atoms with Gasteiger partial charge in [-0.1, -0.05) is 29.8 Å². The van der Waals surface area contributed by atoms with Gasteiger partial charge in [0.05, 0.1) is 6.61 Å². The van der Waals surface area contributed by atoms with Gasteiger partial charge in [-0.05, 0) is 48.2 Å². The molecule has 0 N–H and O–H groups in total. The third kappa shape index (κ3) is 1.79. The summed E-state index contributed by atoms with van der Waals surface area (Å²) in [5.41, 5.74) is 6.12. The summed E-state index contributed by atoms with van der Waals surface area (Å²) in [4.78, 5) is 0. The molecule has 1 heterocycles. The van der Waals surface area contributed by atoms with Gasteiger partial charge in [0.1, 0.15) is 5.75 Å². The molecular formula is C16H15ClO. The van der Waals surface area contributed by atoms with E-state index in [2.05, 4.69) is 32.0 Å². The second kappa shape index (κ2) is 4.33. The second-order valence-electron chi connectivity index (χ2n) is 4.81. The van der Waals surface area contributed by atoms with E-state index in [0.29, 0.717) is 0 Å². The quantitative estimate of drug-likeness (QED) is 0.729. The van der Waals surface area contributed by atoms with Crippen LogP contribution in [-0.4, -0.2) is 6.61 Å². The van der Waals surface area contributed by atoms with E-state index >= 15 is 0 Å². The highest BCUT2D eigenvalue weighted by molar-refractivity contribution is 6.31. The number of halogens is 1. The van der Waals surface area contributed by atoms with Crippen molar-refractivity contribution >= 4 is 11.6 Å². The van der Waals surface area contributed by atoms with E-state index in [0.717, 1.165) is 29.4 Å². The van der Waals surface area contributed by atoms with Crippen molar-refractivity contribution in [3.63, 3.8) is 0 Å². The highest BCUT2D eigenvalue weighted by Gasteiger charge is 2.20. The van der Waals surface area contributed by atoms with Gasteiger partial charge < -0.3 is 4.74 Å². The molecule has 0 aromatic heterocycles. The predicted octanol–water partition coefficient (Wildman–Crippen LogP) is 4.56. The second-order valence-corrected chi connectivity index (χ2v) is 5.24. The lowest BCUT2D eigenvalue weighted by molar-refractivity contribution is 0.358. The molecule has 0 saturated carbocycles. The Labute approximate surface area is 112 Å². The Morgan fingerprint density at radius 1 is 1.11 bits per heavy atom. The molecule has 0 aliphatic carbocycles. The third-order valence-corrected chi connectivity index (χ3v) is 3.72. The maximum absolute atomic E-state index is 6.23. The van der Waals surface area contributed by atoms with Gasteiger partial charge in [0.15, 0.2) is 0 Å². The molecule has 3 rings (SSSR count). The number of fused-ring (bicyclic) bond motifs is 1. The van der Waals surface area contributed by atoms with Crippen molar-refractivity contribution in [1.29, 1.82) is 0 Å². The van der Waals surface area contributed by atoms with Crippen LogP contribution in [0, 0.1) is 13.8 Å². The van der Waals surface area contributed by atoms with E-state index < -0.39 is 0 Å². The van der Waals surface area contributed by atoms with Crippen molar-refractivity contribution in [2.24, 2.45) is 0 Å². The number of hydrogen-bond donors (Lipinski definition) is 0. The van der Waals surface area contributed by atoms with Crippen LogP contribution in [0.2, 0.25) is 5.02 Å². The summed E-state index contributed by atoms with van der Waals surface area (Å²) < 4.78 is 5.79. The van der Waals surface area contributed by atoms with Gasteiger partial charge in [-0.3, -0.25) is 0 Å². The maximum Gasteiger partial charge on any atom is 0.130 e. The maximum atomic E-state index is 6.23. The first-order chi connectivity index (χ1) is 8.66. The van der Waals surface area contributed by atoms with Crippen LogP contribution in [0.4, 0.5) is 0 Å². The third-order valence-electron chi connectivity index (χ3n) is 3.50. The van der Waals surface area contributed by atoms with Crippen LogP contribution in [0.25, 0.3) is 11.1 Å². The minimum absolute atomic E-state index is 0.758. The van der Waals surface area contributed by atoms with Crippen molar-refractivity contribution < 1.29 is 4.74 Å². The zero-order valence-electron chi connectivity index (χ0n) is 10.6. The fraction of sp³-hybridized carbons (Fsp3) is 0.250. The normalized spacial score (nSPS) is 13.3. The topological polar surface area (TPSA) is 9.23 Å². The smallest absolute Gasteiger partial charge is 0.130 e. The number of ether oxygens (including phenoxy) is 1. The van der Waals surface area contributed by atoms with Crippen molar-refractivity contribution in [3.8, 4) is 16.9 Å². The molecule has 0 atom stereocenters. The van der Waals surface area contributed by atoms with Gasteiger partial charge in [-0.15, -0.1) is 0 Å². The van der Waals surface area contributed by atoms with Crippen molar-refractivity contribution in [1.82, 2.24) is 0 Å². The van der Waals surface area contributed by atoms with Crippen LogP contribution in [0.5, 0.6) is 5.75 Å². The number of aryl methyl sites for hydroxylation is 2. The molecule has 1 aliphatic heterocycles. The van der Waals surface area contributed by atoms with Gasteiger partial charge >= 0.3 is 0 Å². The lowest BCUT2D eigenvalue weighted by atomic mass is 9.93. The summed E-state index contributed by atoms with van der Waals surface area (Å²) in [5.74, 6) is 1.01. The van der Waals surface area contributed by atoms with E-state index in [1.54, 1.807) is 0 Å². The SMILES string of the molecule is Cc1cccc(C)c1-c1cc(Cl)cc2c1OCC2. The summed E-state index contributed by atoms with van der Waals surface area (Å²) in [7, 11) is 0. The number of rotatable bonds is 1. The van der Waals surface area contributed by atoms with Crippen LogP contribution in [0.15, 0.2) is 30.3 Å². The fourth-order valence-electron chi connectivity index (χ4n) is 2.69. The summed E-state index contributed by atoms with van der Waals surface area (Å²) in [6.07, 6.45) is 0.952. The first-order valence-corrected chi connectivity index (χ1v) is 6.56. The van der Waals surface area contributed by atoms with Crippen molar-refractivity contribution in [2.75, 3.05) is 6.61 Å². The van der Waals surface area contributed by atoms with Gasteiger partial charge in [0, 0.05) is 17.0 Å². The zero-order valence-corrected chi connectivity index (χ0v) is 11.3. The number of hydrogen-bond acceptors (Lipinski definition) is 1. The molecule has 2 heteroatoms. The molecule has 0 saturated heterocycles. The molecular weight excluding hydrogens is 244 g/mol. The molecule has 92 valence electrons. The lowest BCUT2D eigenvalue weighted by Crippen LogP contribution is -1.92. The molecule has 0 fully saturated rings. The molecule has 0 unspecified atom stereocenters. The van der Waals surface area contributed by atoms with E-state index in [1.165, 1.54) is 22.3 Å². The van der Waals surface area contributed by atoms with Gasteiger partial charge in [-0.25, -0.2) is 0 Å². The van der Waals surface area contributed by atoms with Gasteiger partial charge in [0.2, 0.25) is 0 Å². The average molecular weight is 259 g/mol. The highest BCUT2D eigenvalue weighted by Crippen LogP contribution is 2.41. The first-order valence-electron chi connectivity index (χ1n) is 6.18. The Kier molecular flexibility index (Phi) is 2.79. The van der Waals surface area contributed by atoms with Crippen molar-refractivity contribution in [2.45, 2.75) is 20.3 Å². The Morgan fingerprint density at radius 2 is 1.83 bits per heavy atom. The molecule has 1 nitrogen and oxygen atoms in total. The van der Waals surface area contributed by atoms with E-state index in [9.17, 15) is 0 Å². The molecule has 0 radical (unpaired) electrons. The summed E-state index contributed by atoms with van der Waals surface area (Å²) in [5, 5.41) is 0.789. The zero-order chi connectivity index (χ0) is 12.7. The van der Waals surface area contributed by atoms with E-state index in [1.807, 2.05) is 12.1 Å². The Balaban J connectivity index is 2.30. The summed E-state index contributed by atoms with van der Waals surface area (Å²) in [6, 6.07) is 10.4. The molecule has 2 aromatic carbocycles. The van der Waals surface area contributed by atoms with Crippen LogP contribution in [0.3, 0.4) is 0 Å². The number of benzene rings is 2. The van der Waals surface area contributed by atoms with Crippen molar-refractivity contribution in [3.05, 3.63) is 52.0 Å². The van der Waals surface area contributed by atoms with Crippen LogP contribution >= 0.6 is 11.6 Å². The van der Waals surface area contributed by atoms with Crippen LogP contribution in [0.1, 0.15) is 16.7 Å². The Morgan fingerprint density at radius 3 is 2.56 bits per heavy atom. The molecule has 2 aromatic rings. The molecule has 0 bridgehead atoms. The highest BCUT2D eigenvalue weighted by atomic mass is 35.5. The minimum atomic E-state index is 0.758. The van der Waals surface area contributed by atoms with E-state index in [-0.39, 0.29) is 0 Å². The summed E-state index contributed by atoms with van der Waals surface area (Å²) >= 11 is 6.23. The predicted molar refractivity (Wildman–Crippen MR) is 75.6 cm³/mol. The largest absolute Gasteiger partial charge is 0.492 e.